The van der Waals surface area contributed by atoms with E-state index in [-0.39, 0.29) is 38.0 Å². The van der Waals surface area contributed by atoms with Gasteiger partial charge in [0.2, 0.25) is 5.91 Å². The van der Waals surface area contributed by atoms with Crippen LogP contribution in [0.2, 0.25) is 0 Å². The van der Waals surface area contributed by atoms with Crippen LogP contribution in [0.15, 0.2) is 24.3 Å². The van der Waals surface area contributed by atoms with Crippen molar-refractivity contribution in [2.45, 2.75) is 46.1 Å². The third-order valence-corrected chi connectivity index (χ3v) is 6.67. The van der Waals surface area contributed by atoms with Gasteiger partial charge in [0.15, 0.2) is 0 Å². The highest BCUT2D eigenvalue weighted by Crippen LogP contribution is 2.37. The summed E-state index contributed by atoms with van der Waals surface area (Å²) in [5.74, 6) is 0.0592. The number of hydrogen-bond donors (Lipinski definition) is 1. The highest BCUT2D eigenvalue weighted by atomic mass is 32.1. The Hall–Kier alpha value is -3.58. The van der Waals surface area contributed by atoms with Gasteiger partial charge >= 0.3 is 12.1 Å². The van der Waals surface area contributed by atoms with Crippen LogP contribution in [0.1, 0.15) is 54.7 Å². The van der Waals surface area contributed by atoms with E-state index < -0.39 is 12.1 Å². The molecule has 3 rings (SSSR count). The maximum atomic E-state index is 12.8. The van der Waals surface area contributed by atoms with E-state index in [1.165, 1.54) is 23.2 Å². The van der Waals surface area contributed by atoms with Crippen LogP contribution in [0.25, 0.3) is 0 Å². The van der Waals surface area contributed by atoms with Gasteiger partial charge in [0.05, 0.1) is 18.7 Å². The maximum absolute atomic E-state index is 12.8. The standard InChI is InChI=1S/C25H29N3O6S/c1-4-32-21-8-6-5-7-18(21)16(2)13-23(30)27-24-20(14-26)19-9-10-28(15-22(19)35-24)25(31)34-12-11-33-17(3)29/h5-8,16H,4,9-13,15H2,1-3H3,(H,27,30). The molecule has 1 aromatic carbocycles. The van der Waals surface area contributed by atoms with Crippen LogP contribution in [0.5, 0.6) is 5.75 Å². The van der Waals surface area contributed by atoms with Gasteiger partial charge in [-0.1, -0.05) is 25.1 Å². The van der Waals surface area contributed by atoms with E-state index >= 15 is 0 Å². The van der Waals surface area contributed by atoms with Crippen molar-refractivity contribution in [1.82, 2.24) is 4.90 Å². The predicted octanol–water partition coefficient (Wildman–Crippen LogP) is 4.21. The molecular weight excluding hydrogens is 470 g/mol. The first-order chi connectivity index (χ1) is 16.8. The molecule has 35 heavy (non-hydrogen) atoms. The smallest absolute Gasteiger partial charge is 0.410 e. The van der Waals surface area contributed by atoms with Crippen molar-refractivity contribution in [3.63, 3.8) is 0 Å². The maximum Gasteiger partial charge on any atom is 0.410 e. The first-order valence-electron chi connectivity index (χ1n) is 11.4. The average Bonchev–Trinajstić information content (AvgIpc) is 3.17. The van der Waals surface area contributed by atoms with E-state index in [0.29, 0.717) is 30.1 Å². The lowest BCUT2D eigenvalue weighted by Crippen LogP contribution is -2.36. The Morgan fingerprint density at radius 3 is 2.69 bits per heavy atom. The molecular formula is C25H29N3O6S. The third kappa shape index (κ3) is 6.73. The second-order valence-corrected chi connectivity index (χ2v) is 9.18. The molecule has 0 fully saturated rings. The molecule has 0 saturated heterocycles. The van der Waals surface area contributed by atoms with Crippen LogP contribution in [0, 0.1) is 11.3 Å². The Labute approximate surface area is 208 Å². The highest BCUT2D eigenvalue weighted by Gasteiger charge is 2.28. The molecule has 10 heteroatoms. The second kappa shape index (κ2) is 12.2. The van der Waals surface area contributed by atoms with E-state index in [4.69, 9.17) is 14.2 Å². The summed E-state index contributed by atoms with van der Waals surface area (Å²) in [7, 11) is 0. The van der Waals surface area contributed by atoms with Crippen molar-refractivity contribution in [3.05, 3.63) is 45.8 Å². The van der Waals surface area contributed by atoms with Crippen LogP contribution in [0.4, 0.5) is 9.80 Å². The summed E-state index contributed by atoms with van der Waals surface area (Å²) in [5, 5.41) is 13.1. The Morgan fingerprint density at radius 1 is 1.23 bits per heavy atom. The van der Waals surface area contributed by atoms with Gasteiger partial charge in [-0.25, -0.2) is 4.79 Å². The number of anilines is 1. The van der Waals surface area contributed by atoms with Gasteiger partial charge in [-0.15, -0.1) is 11.3 Å². The van der Waals surface area contributed by atoms with Gasteiger partial charge in [-0.2, -0.15) is 5.26 Å². The molecule has 1 aliphatic heterocycles. The predicted molar refractivity (Wildman–Crippen MR) is 130 cm³/mol. The molecule has 1 unspecified atom stereocenters. The van der Waals surface area contributed by atoms with Crippen molar-refractivity contribution in [2.75, 3.05) is 31.7 Å². The lowest BCUT2D eigenvalue weighted by atomic mass is 9.96. The van der Waals surface area contributed by atoms with Crippen molar-refractivity contribution in [3.8, 4) is 11.8 Å². The average molecular weight is 500 g/mol. The Morgan fingerprint density at radius 2 is 1.97 bits per heavy atom. The van der Waals surface area contributed by atoms with E-state index in [9.17, 15) is 19.6 Å². The van der Waals surface area contributed by atoms with Gasteiger partial charge in [0.1, 0.15) is 30.0 Å². The number of nitriles is 1. The zero-order chi connectivity index (χ0) is 25.4. The highest BCUT2D eigenvalue weighted by molar-refractivity contribution is 7.16. The zero-order valence-corrected chi connectivity index (χ0v) is 20.9. The fourth-order valence-corrected chi connectivity index (χ4v) is 5.14. The molecule has 0 spiro atoms. The summed E-state index contributed by atoms with van der Waals surface area (Å²) in [6, 6.07) is 9.87. The molecule has 1 N–H and O–H groups in total. The summed E-state index contributed by atoms with van der Waals surface area (Å²) in [4.78, 5) is 38.4. The van der Waals surface area contributed by atoms with E-state index in [1.54, 1.807) is 0 Å². The first kappa shape index (κ1) is 26.0. The molecule has 1 aliphatic rings. The number of nitrogens with zero attached hydrogens (tertiary/aromatic N) is 2. The molecule has 1 aromatic heterocycles. The summed E-state index contributed by atoms with van der Waals surface area (Å²) in [6.07, 6.45) is 0.210. The monoisotopic (exact) mass is 499 g/mol. The minimum absolute atomic E-state index is 0.00138. The molecule has 1 atom stereocenters. The number of hydrogen-bond acceptors (Lipinski definition) is 8. The Kier molecular flexibility index (Phi) is 9.09. The minimum Gasteiger partial charge on any atom is -0.494 e. The number of carbonyl (C=O) groups is 3. The summed E-state index contributed by atoms with van der Waals surface area (Å²) >= 11 is 1.30. The largest absolute Gasteiger partial charge is 0.494 e. The minimum atomic E-state index is -0.512. The number of para-hydroxylation sites is 1. The van der Waals surface area contributed by atoms with Gasteiger partial charge < -0.3 is 24.4 Å². The molecule has 0 aliphatic carbocycles. The van der Waals surface area contributed by atoms with Crippen LogP contribution >= 0.6 is 11.3 Å². The third-order valence-electron chi connectivity index (χ3n) is 5.54. The van der Waals surface area contributed by atoms with Crippen LogP contribution in [0.3, 0.4) is 0 Å². The molecule has 9 nitrogen and oxygen atoms in total. The normalized spacial score (nSPS) is 13.3. The van der Waals surface area contributed by atoms with Crippen LogP contribution in [-0.2, 0) is 32.0 Å². The van der Waals surface area contributed by atoms with Crippen LogP contribution in [-0.4, -0.2) is 49.2 Å². The second-order valence-electron chi connectivity index (χ2n) is 8.07. The molecule has 186 valence electrons. The number of esters is 1. The van der Waals surface area contributed by atoms with Crippen molar-refractivity contribution >= 4 is 34.3 Å². The van der Waals surface area contributed by atoms with Gasteiger partial charge in [0.25, 0.3) is 0 Å². The van der Waals surface area contributed by atoms with Crippen molar-refractivity contribution in [2.24, 2.45) is 0 Å². The number of carbonyl (C=O) groups excluding carboxylic acids is 3. The van der Waals surface area contributed by atoms with Crippen molar-refractivity contribution in [1.29, 1.82) is 5.26 Å². The molecule has 0 bridgehead atoms. The molecule has 2 heterocycles. The summed E-state index contributed by atoms with van der Waals surface area (Å²) < 4.78 is 15.6. The number of benzene rings is 1. The van der Waals surface area contributed by atoms with Gasteiger partial charge in [-0.3, -0.25) is 9.59 Å². The SMILES string of the molecule is CCOc1ccccc1C(C)CC(=O)Nc1sc2c(c1C#N)CCN(C(=O)OCCOC(C)=O)C2. The van der Waals surface area contributed by atoms with Crippen molar-refractivity contribution < 1.29 is 28.6 Å². The van der Waals surface area contributed by atoms with E-state index in [1.807, 2.05) is 38.1 Å². The number of ether oxygens (including phenoxy) is 3. The Bertz CT molecular complexity index is 1120. The van der Waals surface area contributed by atoms with Gasteiger partial charge in [-0.05, 0) is 36.5 Å². The molecule has 0 radical (unpaired) electrons. The van der Waals surface area contributed by atoms with Crippen LogP contribution < -0.4 is 10.1 Å². The number of fused-ring (bicyclic) bond motifs is 1. The number of nitrogens with one attached hydrogen (secondary N) is 1. The van der Waals surface area contributed by atoms with E-state index in [0.717, 1.165) is 21.8 Å². The fourth-order valence-electron chi connectivity index (χ4n) is 3.91. The van der Waals surface area contributed by atoms with E-state index in [2.05, 4.69) is 11.4 Å². The van der Waals surface area contributed by atoms with Gasteiger partial charge in [0, 0.05) is 24.8 Å². The zero-order valence-electron chi connectivity index (χ0n) is 20.1. The molecule has 2 amide bonds. The number of thiophene rings is 1. The number of amides is 2. The first-order valence-corrected chi connectivity index (χ1v) is 12.3. The topological polar surface area (TPSA) is 118 Å². The summed E-state index contributed by atoms with van der Waals surface area (Å²) in [6.45, 7) is 6.36. The fraction of sp³-hybridized carbons (Fsp3) is 0.440. The Balaban J connectivity index is 1.63. The molecule has 2 aromatic rings. The molecule has 0 saturated carbocycles. The quantitative estimate of drug-likeness (QED) is 0.406. The summed E-state index contributed by atoms with van der Waals surface area (Å²) in [5.41, 5.74) is 2.26. The number of rotatable bonds is 9. The lowest BCUT2D eigenvalue weighted by molar-refractivity contribution is -0.142. The lowest BCUT2D eigenvalue weighted by Gasteiger charge is -2.26.